The summed E-state index contributed by atoms with van der Waals surface area (Å²) in [6, 6.07) is 10.3. The number of ether oxygens (including phenoxy) is 3. The minimum Gasteiger partial charge on any atom is -0.443 e. The number of hydrogen-bond donors (Lipinski definition) is 1. The third-order valence-corrected chi connectivity index (χ3v) is 5.50. The summed E-state index contributed by atoms with van der Waals surface area (Å²) in [5.41, 5.74) is 1.73. The van der Waals surface area contributed by atoms with Crippen molar-refractivity contribution in [2.45, 2.75) is 24.8 Å². The second-order valence-corrected chi connectivity index (χ2v) is 7.41. The lowest BCUT2D eigenvalue weighted by atomic mass is 10.1. The molecule has 2 aromatic rings. The number of fused-ring (bicyclic) bond motifs is 2. The van der Waals surface area contributed by atoms with Crippen molar-refractivity contribution in [1.29, 1.82) is 0 Å². The lowest BCUT2D eigenvalue weighted by Gasteiger charge is -2.39. The molecule has 0 bridgehead atoms. The molecule has 2 fully saturated rings. The third kappa shape index (κ3) is 3.48. The maximum absolute atomic E-state index is 6.32. The van der Waals surface area contributed by atoms with Crippen molar-refractivity contribution in [2.24, 2.45) is 0 Å². The number of nitrogens with one attached hydrogen (secondary N) is 1. The quantitative estimate of drug-likeness (QED) is 0.763. The first-order valence-electron chi connectivity index (χ1n) is 8.85. The van der Waals surface area contributed by atoms with Crippen LogP contribution >= 0.6 is 36.4 Å². The Balaban J connectivity index is 0.00000112. The topological polar surface area (TPSA) is 55.9 Å². The first kappa shape index (κ1) is 21.3. The molecule has 1 N–H and O–H groups in total. The van der Waals surface area contributed by atoms with E-state index in [0.717, 1.165) is 43.5 Å². The molecule has 5 rings (SSSR count). The highest BCUT2D eigenvalue weighted by atomic mass is 35.5. The van der Waals surface area contributed by atoms with E-state index in [-0.39, 0.29) is 24.8 Å². The Morgan fingerprint density at radius 3 is 2.82 bits per heavy atom. The van der Waals surface area contributed by atoms with E-state index >= 15 is 0 Å². The predicted molar refractivity (Wildman–Crippen MR) is 113 cm³/mol. The van der Waals surface area contributed by atoms with E-state index < -0.39 is 5.79 Å². The van der Waals surface area contributed by atoms with Crippen LogP contribution in [0.15, 0.2) is 36.5 Å². The molecular weight excluding hydrogens is 425 g/mol. The van der Waals surface area contributed by atoms with E-state index in [1.807, 2.05) is 25.1 Å². The van der Waals surface area contributed by atoms with Gasteiger partial charge < -0.3 is 24.4 Å². The molecule has 3 aliphatic rings. The predicted octanol–water partition coefficient (Wildman–Crippen LogP) is 3.40. The van der Waals surface area contributed by atoms with E-state index in [9.17, 15) is 0 Å². The van der Waals surface area contributed by atoms with Gasteiger partial charge >= 0.3 is 0 Å². The highest BCUT2D eigenvalue weighted by Gasteiger charge is 2.44. The number of benzene rings is 1. The maximum atomic E-state index is 6.32. The number of aromatic nitrogens is 1. The number of pyridine rings is 1. The average Bonchev–Trinajstić information content (AvgIpc) is 3.25. The van der Waals surface area contributed by atoms with Gasteiger partial charge in [0.2, 0.25) is 0 Å². The molecule has 3 atom stereocenters. The van der Waals surface area contributed by atoms with Gasteiger partial charge in [-0.05, 0) is 24.3 Å². The molecule has 28 heavy (non-hydrogen) atoms. The third-order valence-electron chi connectivity index (χ3n) is 5.27. The molecule has 6 nitrogen and oxygen atoms in total. The molecule has 3 aliphatic heterocycles. The summed E-state index contributed by atoms with van der Waals surface area (Å²) in [5, 5.41) is 4.12. The molecule has 1 aromatic carbocycles. The zero-order valence-electron chi connectivity index (χ0n) is 15.3. The molecule has 152 valence electrons. The fraction of sp³-hybridized carbons (Fsp3) is 0.421. The maximum Gasteiger partial charge on any atom is 0.292 e. The van der Waals surface area contributed by atoms with Crippen LogP contribution in [0.5, 0.6) is 11.5 Å². The first-order valence-corrected chi connectivity index (χ1v) is 9.23. The largest absolute Gasteiger partial charge is 0.443 e. The Kier molecular flexibility index (Phi) is 6.17. The standard InChI is InChI=1S/C19H20ClN3O3.2ClH/c1-19(17-6-5-12(20)9-22-17)25-16-4-2-3-14(18(16)26-19)23-8-7-21-13-10-24-11-15(13)23;;/h2-6,9,13,15,21H,7-8,10-11H2,1H3;2*1H/t13-,15+,19?;;/m0../s1. The molecule has 2 saturated heterocycles. The monoisotopic (exact) mass is 445 g/mol. The van der Waals surface area contributed by atoms with Crippen molar-refractivity contribution in [3.05, 3.63) is 47.2 Å². The van der Waals surface area contributed by atoms with Gasteiger partial charge in [0.1, 0.15) is 5.69 Å². The molecule has 9 heteroatoms. The van der Waals surface area contributed by atoms with Gasteiger partial charge in [0.05, 0.1) is 36.0 Å². The smallest absolute Gasteiger partial charge is 0.292 e. The van der Waals surface area contributed by atoms with Crippen molar-refractivity contribution in [2.75, 3.05) is 31.2 Å². The molecule has 0 saturated carbocycles. The van der Waals surface area contributed by atoms with Crippen LogP contribution in [-0.4, -0.2) is 43.4 Å². The summed E-state index contributed by atoms with van der Waals surface area (Å²) < 4.78 is 18.2. The van der Waals surface area contributed by atoms with Crippen LogP contribution in [-0.2, 0) is 10.5 Å². The SMILES string of the molecule is CC1(c2ccc(Cl)cn2)Oc2cccc(N3CCN[C@H]4COC[C@H]43)c2O1.Cl.Cl. The number of rotatable bonds is 2. The van der Waals surface area contributed by atoms with Crippen molar-refractivity contribution in [3.63, 3.8) is 0 Å². The van der Waals surface area contributed by atoms with E-state index in [2.05, 4.69) is 21.3 Å². The van der Waals surface area contributed by atoms with Crippen LogP contribution in [0.25, 0.3) is 0 Å². The summed E-state index contributed by atoms with van der Waals surface area (Å²) in [6.07, 6.45) is 1.61. The fourth-order valence-electron chi connectivity index (χ4n) is 3.97. The number of halogens is 3. The summed E-state index contributed by atoms with van der Waals surface area (Å²) in [6.45, 7) is 5.18. The van der Waals surface area contributed by atoms with Crippen LogP contribution < -0.4 is 19.7 Å². The van der Waals surface area contributed by atoms with Crippen LogP contribution in [0.4, 0.5) is 5.69 Å². The summed E-state index contributed by atoms with van der Waals surface area (Å²) >= 11 is 5.96. The second kappa shape index (κ2) is 8.13. The lowest BCUT2D eigenvalue weighted by molar-refractivity contribution is -0.0716. The van der Waals surface area contributed by atoms with Crippen molar-refractivity contribution >= 4 is 42.1 Å². The summed E-state index contributed by atoms with van der Waals surface area (Å²) in [7, 11) is 0. The molecule has 1 unspecified atom stereocenters. The van der Waals surface area contributed by atoms with Gasteiger partial charge in [-0.1, -0.05) is 17.7 Å². The molecule has 0 spiro atoms. The zero-order valence-corrected chi connectivity index (χ0v) is 17.6. The van der Waals surface area contributed by atoms with E-state index in [1.54, 1.807) is 12.3 Å². The first-order chi connectivity index (χ1) is 12.6. The summed E-state index contributed by atoms with van der Waals surface area (Å²) in [4.78, 5) is 6.76. The van der Waals surface area contributed by atoms with Gasteiger partial charge in [0.15, 0.2) is 11.5 Å². The van der Waals surface area contributed by atoms with E-state index in [0.29, 0.717) is 22.8 Å². The van der Waals surface area contributed by atoms with Crippen LogP contribution in [0.3, 0.4) is 0 Å². The normalized spacial score (nSPS) is 27.6. The number of para-hydroxylation sites is 1. The zero-order chi connectivity index (χ0) is 17.7. The van der Waals surface area contributed by atoms with Crippen molar-refractivity contribution < 1.29 is 14.2 Å². The van der Waals surface area contributed by atoms with Gasteiger partial charge in [-0.3, -0.25) is 4.98 Å². The molecule has 0 radical (unpaired) electrons. The second-order valence-electron chi connectivity index (χ2n) is 6.97. The van der Waals surface area contributed by atoms with Crippen molar-refractivity contribution in [3.8, 4) is 11.5 Å². The van der Waals surface area contributed by atoms with Crippen LogP contribution in [0.2, 0.25) is 5.02 Å². The molecule has 0 amide bonds. The van der Waals surface area contributed by atoms with Gasteiger partial charge in [0, 0.05) is 26.2 Å². The highest BCUT2D eigenvalue weighted by molar-refractivity contribution is 6.30. The molecular formula is C19H22Cl3N3O3. The number of piperazine rings is 1. The molecule has 4 heterocycles. The molecule has 1 aromatic heterocycles. The fourth-order valence-corrected chi connectivity index (χ4v) is 4.08. The van der Waals surface area contributed by atoms with Crippen LogP contribution in [0.1, 0.15) is 12.6 Å². The van der Waals surface area contributed by atoms with E-state index in [1.165, 1.54) is 0 Å². The van der Waals surface area contributed by atoms with Gasteiger partial charge in [-0.15, -0.1) is 24.8 Å². The average molecular weight is 447 g/mol. The lowest BCUT2D eigenvalue weighted by Crippen LogP contribution is -2.57. The Bertz CT molecular complexity index is 839. The van der Waals surface area contributed by atoms with Crippen LogP contribution in [0, 0.1) is 0 Å². The Morgan fingerprint density at radius 2 is 2.04 bits per heavy atom. The van der Waals surface area contributed by atoms with Crippen molar-refractivity contribution in [1.82, 2.24) is 10.3 Å². The number of nitrogens with zero attached hydrogens (tertiary/aromatic N) is 2. The van der Waals surface area contributed by atoms with Gasteiger partial charge in [-0.25, -0.2) is 0 Å². The number of hydrogen-bond acceptors (Lipinski definition) is 6. The molecule has 0 aliphatic carbocycles. The van der Waals surface area contributed by atoms with Gasteiger partial charge in [-0.2, -0.15) is 0 Å². The number of anilines is 1. The minimum atomic E-state index is -0.970. The Hall–Kier alpha value is -1.44. The Morgan fingerprint density at radius 1 is 1.18 bits per heavy atom. The minimum absolute atomic E-state index is 0. The van der Waals surface area contributed by atoms with Gasteiger partial charge in [0.25, 0.3) is 5.79 Å². The summed E-state index contributed by atoms with van der Waals surface area (Å²) in [5.74, 6) is 0.526. The Labute approximate surface area is 181 Å². The van der Waals surface area contributed by atoms with E-state index in [4.69, 9.17) is 25.8 Å². The highest BCUT2D eigenvalue weighted by Crippen LogP contribution is 2.49.